The highest BCUT2D eigenvalue weighted by molar-refractivity contribution is 6.30. The van der Waals surface area contributed by atoms with Gasteiger partial charge in [0.05, 0.1) is 53.7 Å². The number of hydrogen-bond donors (Lipinski definition) is 5. The van der Waals surface area contributed by atoms with Crippen LogP contribution in [0.15, 0.2) is 24.3 Å². The van der Waals surface area contributed by atoms with Gasteiger partial charge in [0, 0.05) is 43.0 Å². The number of aliphatic hydroxyl groups is 4. The van der Waals surface area contributed by atoms with E-state index in [1.165, 1.54) is 14.0 Å². The molecule has 13 nitrogen and oxygen atoms in total. The highest BCUT2D eigenvalue weighted by Crippen LogP contribution is 2.48. The lowest BCUT2D eigenvalue weighted by Crippen LogP contribution is -2.60. The molecule has 4 aliphatic rings. The quantitative estimate of drug-likeness (QED) is 0.198. The van der Waals surface area contributed by atoms with Crippen molar-refractivity contribution in [3.05, 3.63) is 34.9 Å². The second-order valence-electron chi connectivity index (χ2n) is 17.8. The Hall–Kier alpha value is -1.46. The number of halogens is 1. The van der Waals surface area contributed by atoms with Crippen molar-refractivity contribution in [2.45, 2.75) is 192 Å². The van der Waals surface area contributed by atoms with Crippen molar-refractivity contribution in [2.24, 2.45) is 23.7 Å². The number of benzene rings is 1. The van der Waals surface area contributed by atoms with Crippen LogP contribution in [0.2, 0.25) is 5.02 Å². The first kappa shape index (κ1) is 45.6. The topological polar surface area (TPSA) is 175 Å². The fraction of sp³-hybridized carbons (Fsp3) is 0.833. The average molecular weight is 814 g/mol. The normalized spacial score (nSPS) is 45.4. The van der Waals surface area contributed by atoms with E-state index in [2.05, 4.69) is 12.2 Å². The minimum atomic E-state index is -1.81. The fourth-order valence-corrected chi connectivity index (χ4v) is 9.89. The van der Waals surface area contributed by atoms with Crippen LogP contribution in [-0.4, -0.2) is 124 Å². The number of esters is 1. The largest absolute Gasteiger partial charge is 0.459 e. The molecule has 0 aromatic heterocycles. The van der Waals surface area contributed by atoms with Gasteiger partial charge in [-0.2, -0.15) is 0 Å². The van der Waals surface area contributed by atoms with Gasteiger partial charge in [-0.05, 0) is 84.4 Å². The third kappa shape index (κ3) is 9.45. The molecule has 14 heteroatoms. The predicted molar refractivity (Wildman–Crippen MR) is 209 cm³/mol. The summed E-state index contributed by atoms with van der Waals surface area (Å²) in [5, 5.41) is 49.9. The number of carbonyl (C=O) groups excluding carboxylic acids is 1. The number of methoxy groups -OCH3 is 1. The van der Waals surface area contributed by atoms with E-state index in [0.29, 0.717) is 24.4 Å². The maximum Gasteiger partial charge on any atom is 0.311 e. The van der Waals surface area contributed by atoms with Crippen LogP contribution in [0.4, 0.5) is 0 Å². The van der Waals surface area contributed by atoms with E-state index in [9.17, 15) is 25.2 Å². The molecule has 4 fully saturated rings. The van der Waals surface area contributed by atoms with E-state index in [1.54, 1.807) is 27.7 Å². The second kappa shape index (κ2) is 18.0. The Kier molecular flexibility index (Phi) is 14.7. The molecule has 0 aliphatic carbocycles. The van der Waals surface area contributed by atoms with Crippen molar-refractivity contribution in [3.8, 4) is 0 Å². The Morgan fingerprint density at radius 1 is 1.02 bits per heavy atom. The summed E-state index contributed by atoms with van der Waals surface area (Å²) in [6.07, 6.45) is -7.96. The number of hydrogen-bond acceptors (Lipinski definition) is 13. The highest BCUT2D eigenvalue weighted by Gasteiger charge is 2.59. The van der Waals surface area contributed by atoms with Gasteiger partial charge in [-0.1, -0.05) is 51.4 Å². The number of carbonyl (C=O) groups is 1. The number of rotatable bonds is 11. The third-order valence-corrected chi connectivity index (χ3v) is 13.5. The Labute approximate surface area is 338 Å². The van der Waals surface area contributed by atoms with Gasteiger partial charge in [0.25, 0.3) is 0 Å². The highest BCUT2D eigenvalue weighted by atomic mass is 35.5. The molecule has 320 valence electrons. The number of ether oxygens (including phenoxy) is 7. The van der Waals surface area contributed by atoms with Crippen molar-refractivity contribution in [1.29, 1.82) is 0 Å². The summed E-state index contributed by atoms with van der Waals surface area (Å²) in [5.74, 6) is -2.81. The molecule has 0 radical (unpaired) electrons. The second-order valence-corrected chi connectivity index (χ2v) is 18.3. The molecule has 4 heterocycles. The zero-order valence-corrected chi connectivity index (χ0v) is 35.8. The van der Waals surface area contributed by atoms with E-state index >= 15 is 0 Å². The van der Waals surface area contributed by atoms with Gasteiger partial charge in [0.2, 0.25) is 0 Å². The van der Waals surface area contributed by atoms with Crippen LogP contribution in [0, 0.1) is 23.7 Å². The number of nitrogens with one attached hydrogen (secondary N) is 1. The zero-order valence-electron chi connectivity index (χ0n) is 35.0. The lowest BCUT2D eigenvalue weighted by molar-refractivity contribution is -0.316. The molecular weight excluding hydrogens is 746 g/mol. The summed E-state index contributed by atoms with van der Waals surface area (Å²) in [5.41, 5.74) is -2.79. The summed E-state index contributed by atoms with van der Waals surface area (Å²) in [6, 6.07) is 7.16. The van der Waals surface area contributed by atoms with Crippen LogP contribution in [0.25, 0.3) is 0 Å². The lowest BCUT2D eigenvalue weighted by Gasteiger charge is -2.48. The van der Waals surface area contributed by atoms with E-state index in [-0.39, 0.29) is 30.9 Å². The molecule has 2 bridgehead atoms. The number of aliphatic hydroxyl groups excluding tert-OH is 3. The van der Waals surface area contributed by atoms with Crippen molar-refractivity contribution in [2.75, 3.05) is 7.11 Å². The molecule has 0 spiro atoms. The van der Waals surface area contributed by atoms with Gasteiger partial charge in [-0.3, -0.25) is 4.79 Å². The van der Waals surface area contributed by atoms with Gasteiger partial charge in [0.1, 0.15) is 23.9 Å². The van der Waals surface area contributed by atoms with Gasteiger partial charge in [-0.15, -0.1) is 0 Å². The molecule has 4 aliphatic heterocycles. The monoisotopic (exact) mass is 813 g/mol. The maximum absolute atomic E-state index is 14.4. The Bertz CT molecular complexity index is 1450. The fourth-order valence-electron chi connectivity index (χ4n) is 9.77. The maximum atomic E-state index is 14.4. The summed E-state index contributed by atoms with van der Waals surface area (Å²) in [4.78, 5) is 14.4. The van der Waals surface area contributed by atoms with Crippen molar-refractivity contribution in [3.63, 3.8) is 0 Å². The first-order valence-corrected chi connectivity index (χ1v) is 20.8. The van der Waals surface area contributed by atoms with Crippen LogP contribution < -0.4 is 5.32 Å². The molecule has 56 heavy (non-hydrogen) atoms. The Morgan fingerprint density at radius 3 is 2.30 bits per heavy atom. The van der Waals surface area contributed by atoms with Crippen LogP contribution >= 0.6 is 11.6 Å². The zero-order chi connectivity index (χ0) is 41.5. The van der Waals surface area contributed by atoms with Gasteiger partial charge >= 0.3 is 5.97 Å². The smallest absolute Gasteiger partial charge is 0.311 e. The van der Waals surface area contributed by atoms with Gasteiger partial charge < -0.3 is 58.9 Å². The van der Waals surface area contributed by atoms with E-state index in [0.717, 1.165) is 5.56 Å². The standard InChI is InChI=1S/C42H68ClNO12/c1-12-30(45)42(10,49)37-23(4)33-21(2)18-41(9,56-33)36(55-39-32(46)29(17-22(3)51-39)44-20-27-13-15-28(43)16-14-27)24(5)34(25(6)38(48)54-37)53-31-19-40(8,50-11)35(47)26(7)52-31/h13-16,21-26,29-37,39,44-47,49H,12,17-20H2,1-11H3/t21-,22-,23+,24+,25-,26+,29+,30-,31+,32-,33+,34+,35+,36-,37-,39+,40-,41-,42-/m1/s1. The predicted octanol–water partition coefficient (Wildman–Crippen LogP) is 4.50. The van der Waals surface area contributed by atoms with Gasteiger partial charge in [-0.25, -0.2) is 0 Å². The van der Waals surface area contributed by atoms with Crippen molar-refractivity contribution < 1.29 is 58.4 Å². The minimum absolute atomic E-state index is 0.0865. The molecule has 1 aromatic carbocycles. The minimum Gasteiger partial charge on any atom is -0.459 e. The molecule has 1 aromatic rings. The molecule has 19 atom stereocenters. The van der Waals surface area contributed by atoms with Crippen LogP contribution in [0.1, 0.15) is 100 Å². The van der Waals surface area contributed by atoms with Gasteiger partial charge in [0.15, 0.2) is 12.6 Å². The van der Waals surface area contributed by atoms with Crippen LogP contribution in [-0.2, 0) is 44.5 Å². The molecule has 5 rings (SSSR count). The summed E-state index contributed by atoms with van der Waals surface area (Å²) in [6.45, 7) is 18.8. The first-order valence-electron chi connectivity index (χ1n) is 20.4. The van der Waals surface area contributed by atoms with Crippen LogP contribution in [0.5, 0.6) is 0 Å². The molecular formula is C42H68ClNO12. The number of fused-ring (bicyclic) bond motifs is 2. The molecule has 5 N–H and O–H groups in total. The first-order chi connectivity index (χ1) is 26.1. The Balaban J connectivity index is 1.53. The van der Waals surface area contributed by atoms with E-state index in [4.69, 9.17) is 44.8 Å². The molecule has 4 saturated heterocycles. The number of cyclic esters (lactones) is 1. The van der Waals surface area contributed by atoms with Crippen molar-refractivity contribution >= 4 is 17.6 Å². The third-order valence-electron chi connectivity index (χ3n) is 13.2. The van der Waals surface area contributed by atoms with E-state index < -0.39 is 102 Å². The van der Waals surface area contributed by atoms with Crippen molar-refractivity contribution in [1.82, 2.24) is 5.32 Å². The SMILES string of the molecule is CC[C@@H](O)[C@@](C)(O)[C@@H]1OC(=O)[C@H](C)[C@@H](O[C@H]2C[C@@](C)(OC)[C@@H](O)[C@H](C)O2)[C@H](C)[C@@H](O[C@@H]2O[C@H](C)C[C@H](NCc3ccc(Cl)cc3)[C@H]2O)[C@@]2(C)C[C@@H](C)[C@H](O2)[C@@H]1C. The summed E-state index contributed by atoms with van der Waals surface area (Å²) in [7, 11) is 1.53. The average Bonchev–Trinajstić information content (AvgIpc) is 3.47. The molecule has 0 amide bonds. The summed E-state index contributed by atoms with van der Waals surface area (Å²) >= 11 is 6.11. The molecule has 0 unspecified atom stereocenters. The summed E-state index contributed by atoms with van der Waals surface area (Å²) < 4.78 is 45.4. The Morgan fingerprint density at radius 2 is 1.68 bits per heavy atom. The van der Waals surface area contributed by atoms with Crippen LogP contribution in [0.3, 0.4) is 0 Å². The lowest BCUT2D eigenvalue weighted by atomic mass is 9.76. The van der Waals surface area contributed by atoms with E-state index in [1.807, 2.05) is 52.0 Å². The molecule has 0 saturated carbocycles.